The second-order valence-corrected chi connectivity index (χ2v) is 7.44. The van der Waals surface area contributed by atoms with Gasteiger partial charge in [0.05, 0.1) is 11.9 Å². The molecule has 0 aliphatic heterocycles. The van der Waals surface area contributed by atoms with Gasteiger partial charge in [-0.15, -0.1) is 0 Å². The number of nitrogens with zero attached hydrogens (tertiary/aromatic N) is 2. The van der Waals surface area contributed by atoms with E-state index in [2.05, 4.69) is 40.2 Å². The molecule has 21 heavy (non-hydrogen) atoms. The van der Waals surface area contributed by atoms with Gasteiger partial charge in [0.15, 0.2) is 0 Å². The highest BCUT2D eigenvalue weighted by molar-refractivity contribution is 9.10. The van der Waals surface area contributed by atoms with Crippen LogP contribution < -0.4 is 10.9 Å². The van der Waals surface area contributed by atoms with Crippen LogP contribution in [0.5, 0.6) is 0 Å². The molecular formula is C15H24BrN3O2. The van der Waals surface area contributed by atoms with Gasteiger partial charge in [-0.2, -0.15) is 5.10 Å². The van der Waals surface area contributed by atoms with Gasteiger partial charge in [-0.05, 0) is 52.9 Å². The molecule has 6 heteroatoms. The lowest BCUT2D eigenvalue weighted by molar-refractivity contribution is 0.248. The molecule has 0 bridgehead atoms. The van der Waals surface area contributed by atoms with Gasteiger partial charge in [-0.1, -0.05) is 13.8 Å². The molecule has 1 aliphatic rings. The summed E-state index contributed by atoms with van der Waals surface area (Å²) < 4.78 is 2.10. The van der Waals surface area contributed by atoms with Gasteiger partial charge < -0.3 is 10.4 Å². The Bertz CT molecular complexity index is 538. The number of aliphatic hydroxyl groups is 1. The van der Waals surface area contributed by atoms with E-state index in [-0.39, 0.29) is 17.6 Å². The van der Waals surface area contributed by atoms with Gasteiger partial charge >= 0.3 is 0 Å². The van der Waals surface area contributed by atoms with Crippen molar-refractivity contribution in [1.29, 1.82) is 0 Å². The Balaban J connectivity index is 2.00. The first-order valence-corrected chi connectivity index (χ1v) is 8.32. The fraction of sp³-hybridized carbons (Fsp3) is 0.733. The van der Waals surface area contributed by atoms with E-state index in [1.807, 2.05) is 0 Å². The molecule has 2 N–H and O–H groups in total. The Morgan fingerprint density at radius 2 is 2.24 bits per heavy atom. The van der Waals surface area contributed by atoms with Crippen LogP contribution in [0.25, 0.3) is 0 Å². The summed E-state index contributed by atoms with van der Waals surface area (Å²) in [6.07, 6.45) is 5.84. The standard InChI is InChI=1S/C15H24BrN3O2/c1-15(2,6-3-7-20)10-17-12-8-18-19(9-11-4-5-11)14(21)13(12)16/h8,11,17,20H,3-7,9-10H2,1-2H3. The van der Waals surface area contributed by atoms with Crippen LogP contribution in [0.3, 0.4) is 0 Å². The van der Waals surface area contributed by atoms with E-state index in [0.29, 0.717) is 10.4 Å². The number of rotatable bonds is 8. The van der Waals surface area contributed by atoms with Crippen molar-refractivity contribution in [2.24, 2.45) is 11.3 Å². The third kappa shape index (κ3) is 4.81. The van der Waals surface area contributed by atoms with Crippen LogP contribution in [-0.4, -0.2) is 28.0 Å². The highest BCUT2D eigenvalue weighted by Crippen LogP contribution is 2.30. The molecule has 1 aromatic rings. The molecule has 1 aromatic heterocycles. The monoisotopic (exact) mass is 357 g/mol. The van der Waals surface area contributed by atoms with Gasteiger partial charge in [0, 0.05) is 19.7 Å². The van der Waals surface area contributed by atoms with Gasteiger partial charge in [-0.3, -0.25) is 4.79 Å². The summed E-state index contributed by atoms with van der Waals surface area (Å²) in [6.45, 7) is 5.96. The quantitative estimate of drug-likeness (QED) is 0.750. The summed E-state index contributed by atoms with van der Waals surface area (Å²) in [5.41, 5.74) is 0.731. The van der Waals surface area contributed by atoms with Crippen LogP contribution in [0.4, 0.5) is 5.69 Å². The fourth-order valence-corrected chi connectivity index (χ4v) is 2.69. The minimum Gasteiger partial charge on any atom is -0.396 e. The van der Waals surface area contributed by atoms with Gasteiger partial charge in [0.1, 0.15) is 4.47 Å². The topological polar surface area (TPSA) is 67.2 Å². The van der Waals surface area contributed by atoms with E-state index in [1.54, 1.807) is 10.9 Å². The average Bonchev–Trinajstić information content (AvgIpc) is 3.25. The number of aliphatic hydroxyl groups excluding tert-OH is 1. The number of aromatic nitrogens is 2. The normalized spacial score (nSPS) is 15.2. The van der Waals surface area contributed by atoms with E-state index in [1.165, 1.54) is 12.8 Å². The molecule has 1 aliphatic carbocycles. The number of anilines is 1. The maximum atomic E-state index is 12.2. The third-order valence-corrected chi connectivity index (χ3v) is 4.65. The highest BCUT2D eigenvalue weighted by Gasteiger charge is 2.24. The zero-order chi connectivity index (χ0) is 15.5. The molecule has 118 valence electrons. The van der Waals surface area contributed by atoms with Crippen LogP contribution in [0.2, 0.25) is 0 Å². The van der Waals surface area contributed by atoms with E-state index in [0.717, 1.165) is 31.6 Å². The lowest BCUT2D eigenvalue weighted by atomic mass is 9.88. The molecule has 0 aromatic carbocycles. The zero-order valence-corrected chi connectivity index (χ0v) is 14.3. The van der Waals surface area contributed by atoms with E-state index >= 15 is 0 Å². The molecule has 0 atom stereocenters. The minimum absolute atomic E-state index is 0.0606. The van der Waals surface area contributed by atoms with Crippen LogP contribution in [0.15, 0.2) is 15.5 Å². The Kier molecular flexibility index (Phi) is 5.43. The predicted molar refractivity (Wildman–Crippen MR) is 87.5 cm³/mol. The van der Waals surface area contributed by atoms with Gasteiger partial charge in [-0.25, -0.2) is 4.68 Å². The van der Waals surface area contributed by atoms with Crippen molar-refractivity contribution in [3.8, 4) is 0 Å². The number of hydrogen-bond acceptors (Lipinski definition) is 4. The summed E-state index contributed by atoms with van der Waals surface area (Å²) in [6, 6.07) is 0. The van der Waals surface area contributed by atoms with Crippen molar-refractivity contribution in [2.75, 3.05) is 18.5 Å². The van der Waals surface area contributed by atoms with Crippen molar-refractivity contribution >= 4 is 21.6 Å². The Morgan fingerprint density at radius 3 is 2.86 bits per heavy atom. The van der Waals surface area contributed by atoms with Crippen molar-refractivity contribution in [2.45, 2.75) is 46.1 Å². The smallest absolute Gasteiger partial charge is 0.283 e. The molecule has 2 rings (SSSR count). The predicted octanol–water partition coefficient (Wildman–Crippen LogP) is 2.63. The maximum Gasteiger partial charge on any atom is 0.283 e. The number of nitrogens with one attached hydrogen (secondary N) is 1. The molecular weight excluding hydrogens is 334 g/mol. The minimum atomic E-state index is -0.0694. The fourth-order valence-electron chi connectivity index (χ4n) is 2.24. The largest absolute Gasteiger partial charge is 0.396 e. The van der Waals surface area contributed by atoms with Crippen molar-refractivity contribution < 1.29 is 5.11 Å². The lowest BCUT2D eigenvalue weighted by Crippen LogP contribution is -2.28. The third-order valence-electron chi connectivity index (χ3n) is 3.88. The Hall–Kier alpha value is -0.880. The van der Waals surface area contributed by atoms with Crippen molar-refractivity contribution in [3.63, 3.8) is 0 Å². The van der Waals surface area contributed by atoms with E-state index < -0.39 is 0 Å². The average molecular weight is 358 g/mol. The second kappa shape index (κ2) is 6.92. The molecule has 0 spiro atoms. The zero-order valence-electron chi connectivity index (χ0n) is 12.7. The van der Waals surface area contributed by atoms with Crippen LogP contribution >= 0.6 is 15.9 Å². The molecule has 0 amide bonds. The molecule has 1 saturated carbocycles. The first-order valence-electron chi connectivity index (χ1n) is 7.53. The first kappa shape index (κ1) is 16.5. The molecule has 1 heterocycles. The first-order chi connectivity index (χ1) is 9.93. The lowest BCUT2D eigenvalue weighted by Gasteiger charge is -2.25. The van der Waals surface area contributed by atoms with Gasteiger partial charge in [0.2, 0.25) is 0 Å². The summed E-state index contributed by atoms with van der Waals surface area (Å²) >= 11 is 3.39. The van der Waals surface area contributed by atoms with Crippen LogP contribution in [0.1, 0.15) is 39.5 Å². The van der Waals surface area contributed by atoms with Crippen molar-refractivity contribution in [1.82, 2.24) is 9.78 Å². The molecule has 0 radical (unpaired) electrons. The van der Waals surface area contributed by atoms with Crippen molar-refractivity contribution in [3.05, 3.63) is 21.0 Å². The number of hydrogen-bond donors (Lipinski definition) is 2. The summed E-state index contributed by atoms with van der Waals surface area (Å²) in [5.74, 6) is 0.623. The highest BCUT2D eigenvalue weighted by atomic mass is 79.9. The molecule has 5 nitrogen and oxygen atoms in total. The maximum absolute atomic E-state index is 12.2. The Morgan fingerprint density at radius 1 is 1.52 bits per heavy atom. The second-order valence-electron chi connectivity index (χ2n) is 6.65. The molecule has 1 fully saturated rings. The Labute approximate surface area is 133 Å². The summed E-state index contributed by atoms with van der Waals surface area (Å²) in [5, 5.41) is 16.5. The van der Waals surface area contributed by atoms with Crippen LogP contribution in [-0.2, 0) is 6.54 Å². The van der Waals surface area contributed by atoms with Crippen LogP contribution in [0, 0.1) is 11.3 Å². The summed E-state index contributed by atoms with van der Waals surface area (Å²) in [7, 11) is 0. The SMILES string of the molecule is CC(C)(CCCO)CNc1cnn(CC2CC2)c(=O)c1Br. The van der Waals surface area contributed by atoms with E-state index in [9.17, 15) is 4.79 Å². The van der Waals surface area contributed by atoms with Gasteiger partial charge in [0.25, 0.3) is 5.56 Å². The molecule has 0 saturated heterocycles. The summed E-state index contributed by atoms with van der Waals surface area (Å²) in [4.78, 5) is 12.2. The molecule has 0 unspecified atom stereocenters. The number of halogens is 1. The van der Waals surface area contributed by atoms with E-state index in [4.69, 9.17) is 5.11 Å².